The highest BCUT2D eigenvalue weighted by atomic mass is 16.2. The van der Waals surface area contributed by atoms with Gasteiger partial charge in [-0.2, -0.15) is 0 Å². The Labute approximate surface area is 95.6 Å². The van der Waals surface area contributed by atoms with E-state index in [4.69, 9.17) is 0 Å². The van der Waals surface area contributed by atoms with Gasteiger partial charge >= 0.3 is 0 Å². The van der Waals surface area contributed by atoms with E-state index in [1.807, 2.05) is 50.4 Å². The number of hydrogen-bond donors (Lipinski definition) is 2. The van der Waals surface area contributed by atoms with Crippen molar-refractivity contribution in [2.75, 3.05) is 11.9 Å². The molecular weight excluding hydrogens is 200 g/mol. The molecule has 1 aromatic carbocycles. The number of rotatable bonds is 2. The summed E-state index contributed by atoms with van der Waals surface area (Å²) < 4.78 is 0. The highest BCUT2D eigenvalue weighted by Crippen LogP contribution is 2.34. The number of anilines is 1. The zero-order valence-corrected chi connectivity index (χ0v) is 9.58. The first-order valence-corrected chi connectivity index (χ1v) is 5.50. The number of fused-ring (bicyclic) bond motifs is 1. The number of carbonyl (C=O) groups is 1. The highest BCUT2D eigenvalue weighted by molar-refractivity contribution is 5.92. The summed E-state index contributed by atoms with van der Waals surface area (Å²) in [4.78, 5) is 12.1. The fourth-order valence-corrected chi connectivity index (χ4v) is 1.99. The summed E-state index contributed by atoms with van der Waals surface area (Å²) in [5.41, 5.74) is 1.44. The van der Waals surface area contributed by atoms with Gasteiger partial charge in [-0.25, -0.2) is 0 Å². The smallest absolute Gasteiger partial charge is 0.234 e. The maximum Gasteiger partial charge on any atom is 0.234 e. The van der Waals surface area contributed by atoms with Crippen LogP contribution in [0.25, 0.3) is 0 Å². The number of nitrogens with one attached hydrogen (secondary N) is 2. The molecule has 0 saturated carbocycles. The van der Waals surface area contributed by atoms with Crippen LogP contribution in [-0.4, -0.2) is 12.5 Å². The number of para-hydroxylation sites is 1. The molecule has 84 valence electrons. The maximum atomic E-state index is 12.1. The second-order valence-electron chi connectivity index (χ2n) is 4.09. The third-order valence-electron chi connectivity index (χ3n) is 2.95. The Morgan fingerprint density at radius 3 is 2.94 bits per heavy atom. The molecule has 0 bridgehead atoms. The van der Waals surface area contributed by atoms with Crippen LogP contribution in [0.4, 0.5) is 5.69 Å². The molecule has 1 aliphatic heterocycles. The van der Waals surface area contributed by atoms with Gasteiger partial charge in [-0.1, -0.05) is 18.2 Å². The second kappa shape index (κ2) is 4.00. The molecule has 0 aromatic heterocycles. The number of carbonyl (C=O) groups excluding carboxylic acids is 1. The van der Waals surface area contributed by atoms with Crippen LogP contribution >= 0.6 is 0 Å². The molecule has 1 unspecified atom stereocenters. The largest absolute Gasteiger partial charge is 0.362 e. The highest BCUT2D eigenvalue weighted by Gasteiger charge is 2.35. The zero-order chi connectivity index (χ0) is 11.6. The SMILES string of the molecule is CCNC(=O)C1(C)C=CNc2ccccc21. The average Bonchev–Trinajstić information content (AvgIpc) is 2.30. The van der Waals surface area contributed by atoms with E-state index in [1.165, 1.54) is 0 Å². The summed E-state index contributed by atoms with van der Waals surface area (Å²) in [7, 11) is 0. The van der Waals surface area contributed by atoms with Crippen molar-refractivity contribution in [3.63, 3.8) is 0 Å². The molecule has 0 spiro atoms. The predicted octanol–water partition coefficient (Wildman–Crippen LogP) is 2.02. The van der Waals surface area contributed by atoms with Gasteiger partial charge in [0, 0.05) is 12.2 Å². The second-order valence-corrected chi connectivity index (χ2v) is 4.09. The topological polar surface area (TPSA) is 41.1 Å². The molecule has 1 heterocycles. The van der Waals surface area contributed by atoms with Gasteiger partial charge in [0.2, 0.25) is 5.91 Å². The molecule has 0 radical (unpaired) electrons. The summed E-state index contributed by atoms with van der Waals surface area (Å²) in [5, 5.41) is 6.03. The number of hydrogen-bond acceptors (Lipinski definition) is 2. The lowest BCUT2D eigenvalue weighted by molar-refractivity contribution is -0.124. The van der Waals surface area contributed by atoms with Crippen LogP contribution in [0.15, 0.2) is 36.5 Å². The lowest BCUT2D eigenvalue weighted by Gasteiger charge is -2.30. The van der Waals surface area contributed by atoms with E-state index in [0.29, 0.717) is 6.54 Å². The summed E-state index contributed by atoms with van der Waals surface area (Å²) in [6.07, 6.45) is 3.73. The van der Waals surface area contributed by atoms with Crippen molar-refractivity contribution in [1.29, 1.82) is 0 Å². The van der Waals surface area contributed by atoms with Gasteiger partial charge in [0.15, 0.2) is 0 Å². The van der Waals surface area contributed by atoms with Crippen molar-refractivity contribution in [3.05, 3.63) is 42.1 Å². The minimum atomic E-state index is -0.572. The first-order chi connectivity index (χ1) is 7.68. The van der Waals surface area contributed by atoms with Crippen molar-refractivity contribution in [1.82, 2.24) is 5.32 Å². The number of benzene rings is 1. The van der Waals surface area contributed by atoms with Crippen molar-refractivity contribution in [2.45, 2.75) is 19.3 Å². The van der Waals surface area contributed by atoms with Gasteiger partial charge in [-0.15, -0.1) is 0 Å². The molecule has 0 aliphatic carbocycles. The Balaban J connectivity index is 2.44. The van der Waals surface area contributed by atoms with Gasteiger partial charge in [-0.3, -0.25) is 4.79 Å². The third-order valence-corrected chi connectivity index (χ3v) is 2.95. The van der Waals surface area contributed by atoms with Gasteiger partial charge in [0.25, 0.3) is 0 Å². The molecule has 1 aromatic rings. The molecule has 0 saturated heterocycles. The maximum absolute atomic E-state index is 12.1. The molecule has 0 fully saturated rings. The monoisotopic (exact) mass is 216 g/mol. The van der Waals surface area contributed by atoms with Gasteiger partial charge in [0.05, 0.1) is 5.41 Å². The minimum Gasteiger partial charge on any atom is -0.362 e. The van der Waals surface area contributed by atoms with Crippen molar-refractivity contribution >= 4 is 11.6 Å². The van der Waals surface area contributed by atoms with E-state index >= 15 is 0 Å². The first kappa shape index (κ1) is 10.7. The molecule has 2 rings (SSSR count). The van der Waals surface area contributed by atoms with Crippen molar-refractivity contribution in [3.8, 4) is 0 Å². The van der Waals surface area contributed by atoms with Crippen LogP contribution in [0, 0.1) is 0 Å². The summed E-state index contributed by atoms with van der Waals surface area (Å²) in [6.45, 7) is 4.52. The van der Waals surface area contributed by atoms with Crippen LogP contribution in [0.5, 0.6) is 0 Å². The fourth-order valence-electron chi connectivity index (χ4n) is 1.99. The van der Waals surface area contributed by atoms with E-state index in [9.17, 15) is 4.79 Å². The summed E-state index contributed by atoms with van der Waals surface area (Å²) in [5.74, 6) is 0.0419. The summed E-state index contributed by atoms with van der Waals surface area (Å²) >= 11 is 0. The Morgan fingerprint density at radius 2 is 2.19 bits per heavy atom. The molecule has 3 nitrogen and oxygen atoms in total. The Kier molecular flexibility index (Phi) is 2.69. The first-order valence-electron chi connectivity index (χ1n) is 5.50. The number of likely N-dealkylation sites (N-methyl/N-ethyl adjacent to an activating group) is 1. The van der Waals surface area contributed by atoms with Gasteiger partial charge in [0.1, 0.15) is 0 Å². The molecule has 2 N–H and O–H groups in total. The zero-order valence-electron chi connectivity index (χ0n) is 9.58. The lowest BCUT2D eigenvalue weighted by Crippen LogP contribution is -2.42. The molecule has 1 atom stereocenters. The van der Waals surface area contributed by atoms with E-state index in [1.54, 1.807) is 0 Å². The minimum absolute atomic E-state index is 0.0419. The average molecular weight is 216 g/mol. The van der Waals surface area contributed by atoms with Crippen LogP contribution < -0.4 is 10.6 Å². The van der Waals surface area contributed by atoms with Gasteiger partial charge < -0.3 is 10.6 Å². The van der Waals surface area contributed by atoms with Crippen molar-refractivity contribution < 1.29 is 4.79 Å². The van der Waals surface area contributed by atoms with Crippen LogP contribution in [0.2, 0.25) is 0 Å². The Hall–Kier alpha value is -1.77. The summed E-state index contributed by atoms with van der Waals surface area (Å²) in [6, 6.07) is 7.89. The molecule has 3 heteroatoms. The third kappa shape index (κ3) is 1.58. The Bertz CT molecular complexity index is 439. The van der Waals surface area contributed by atoms with Crippen molar-refractivity contribution in [2.24, 2.45) is 0 Å². The van der Waals surface area contributed by atoms with Crippen LogP contribution in [0.3, 0.4) is 0 Å². The number of amides is 1. The Morgan fingerprint density at radius 1 is 1.44 bits per heavy atom. The molecular formula is C13H16N2O. The van der Waals surface area contributed by atoms with Crippen LogP contribution in [-0.2, 0) is 10.2 Å². The lowest BCUT2D eigenvalue weighted by atomic mass is 9.79. The molecule has 1 amide bonds. The predicted molar refractivity (Wildman–Crippen MR) is 65.2 cm³/mol. The van der Waals surface area contributed by atoms with E-state index < -0.39 is 5.41 Å². The molecule has 1 aliphatic rings. The van der Waals surface area contributed by atoms with Crippen LogP contribution in [0.1, 0.15) is 19.4 Å². The van der Waals surface area contributed by atoms with Gasteiger partial charge in [-0.05, 0) is 37.8 Å². The standard InChI is InChI=1S/C13H16N2O/c1-3-14-12(16)13(2)8-9-15-11-7-5-4-6-10(11)13/h4-9,15H,3H2,1-2H3,(H,14,16). The quantitative estimate of drug-likeness (QED) is 0.794. The molecule has 16 heavy (non-hydrogen) atoms. The van der Waals surface area contributed by atoms with E-state index in [2.05, 4.69) is 10.6 Å². The normalized spacial score (nSPS) is 22.1. The fraction of sp³-hybridized carbons (Fsp3) is 0.308. The van der Waals surface area contributed by atoms with E-state index in [0.717, 1.165) is 11.3 Å². The van der Waals surface area contributed by atoms with E-state index in [-0.39, 0.29) is 5.91 Å².